The summed E-state index contributed by atoms with van der Waals surface area (Å²) in [4.78, 5) is 24.8. The van der Waals surface area contributed by atoms with Crippen LogP contribution in [0, 0.1) is 0 Å². The number of nitrogens with zero attached hydrogens (tertiary/aromatic N) is 3. The topological polar surface area (TPSA) is 84.7 Å². The van der Waals surface area contributed by atoms with E-state index in [1.807, 2.05) is 36.5 Å². The van der Waals surface area contributed by atoms with E-state index in [0.29, 0.717) is 19.4 Å². The van der Waals surface area contributed by atoms with Crippen molar-refractivity contribution in [2.75, 3.05) is 19.7 Å². The average molecular weight is 329 g/mol. The lowest BCUT2D eigenvalue weighted by Gasteiger charge is -2.30. The number of carbonyl (C=O) groups is 2. The van der Waals surface area contributed by atoms with E-state index in [0.717, 1.165) is 11.3 Å². The molecule has 126 valence electrons. The van der Waals surface area contributed by atoms with Gasteiger partial charge in [0.2, 0.25) is 5.91 Å². The van der Waals surface area contributed by atoms with Crippen LogP contribution in [-0.4, -0.2) is 57.5 Å². The zero-order valence-electron chi connectivity index (χ0n) is 13.2. The Morgan fingerprint density at radius 3 is 2.83 bits per heavy atom. The van der Waals surface area contributed by atoms with E-state index in [2.05, 4.69) is 5.10 Å². The second kappa shape index (κ2) is 7.27. The Labute approximate surface area is 139 Å². The summed E-state index contributed by atoms with van der Waals surface area (Å²) in [7, 11) is 0. The first kappa shape index (κ1) is 16.2. The van der Waals surface area contributed by atoms with Crippen LogP contribution in [-0.2, 0) is 20.7 Å². The molecule has 1 saturated heterocycles. The molecule has 7 nitrogen and oxygen atoms in total. The molecule has 1 atom stereocenters. The first-order valence-corrected chi connectivity index (χ1v) is 7.84. The van der Waals surface area contributed by atoms with Gasteiger partial charge >= 0.3 is 5.97 Å². The number of hydrogen-bond acceptors (Lipinski definition) is 4. The lowest BCUT2D eigenvalue weighted by Crippen LogP contribution is -2.48. The minimum Gasteiger partial charge on any atom is -0.479 e. The van der Waals surface area contributed by atoms with Crippen LogP contribution < -0.4 is 0 Å². The number of hydrogen-bond donors (Lipinski definition) is 1. The van der Waals surface area contributed by atoms with Crippen LogP contribution in [0.5, 0.6) is 0 Å². The van der Waals surface area contributed by atoms with Crippen LogP contribution in [0.1, 0.15) is 12.0 Å². The molecule has 1 N–H and O–H groups in total. The van der Waals surface area contributed by atoms with Crippen LogP contribution in [0.3, 0.4) is 0 Å². The number of ether oxygens (including phenoxy) is 1. The molecule has 1 aromatic carbocycles. The summed E-state index contributed by atoms with van der Waals surface area (Å²) in [5, 5.41) is 13.3. The number of aliphatic carboxylic acids is 1. The molecular weight excluding hydrogens is 310 g/mol. The van der Waals surface area contributed by atoms with Crippen LogP contribution in [0.4, 0.5) is 0 Å². The van der Waals surface area contributed by atoms with Gasteiger partial charge in [-0.05, 0) is 24.1 Å². The van der Waals surface area contributed by atoms with Crippen molar-refractivity contribution in [3.63, 3.8) is 0 Å². The third-order valence-electron chi connectivity index (χ3n) is 3.98. The largest absolute Gasteiger partial charge is 0.479 e. The van der Waals surface area contributed by atoms with Gasteiger partial charge in [0.15, 0.2) is 6.10 Å². The molecule has 1 amide bonds. The highest BCUT2D eigenvalue weighted by atomic mass is 16.5. The Balaban J connectivity index is 1.55. The second-order valence-electron chi connectivity index (χ2n) is 5.67. The SMILES string of the molecule is O=C(O)C1CN(C(=O)CCc2cnn(-c3ccccc3)c2)CCO1. The van der Waals surface area contributed by atoms with Crippen LogP contribution >= 0.6 is 0 Å². The minimum absolute atomic E-state index is 0.0583. The first-order chi connectivity index (χ1) is 11.6. The maximum atomic E-state index is 12.3. The Kier molecular flexibility index (Phi) is 4.90. The normalized spacial score (nSPS) is 17.7. The summed E-state index contributed by atoms with van der Waals surface area (Å²) in [6.45, 7) is 0.804. The second-order valence-corrected chi connectivity index (χ2v) is 5.67. The maximum absolute atomic E-state index is 12.3. The van der Waals surface area contributed by atoms with E-state index in [1.165, 1.54) is 0 Å². The van der Waals surface area contributed by atoms with Gasteiger partial charge in [0.25, 0.3) is 0 Å². The third-order valence-corrected chi connectivity index (χ3v) is 3.98. The number of carboxylic acids is 1. The van der Waals surface area contributed by atoms with Crippen molar-refractivity contribution in [2.24, 2.45) is 0 Å². The predicted molar refractivity (Wildman–Crippen MR) is 85.8 cm³/mol. The summed E-state index contributed by atoms with van der Waals surface area (Å²) in [6.07, 6.45) is 3.62. The number of benzene rings is 1. The molecule has 1 aromatic heterocycles. The van der Waals surface area contributed by atoms with Crippen molar-refractivity contribution >= 4 is 11.9 Å². The summed E-state index contributed by atoms with van der Waals surface area (Å²) in [5.74, 6) is -1.09. The number of amides is 1. The lowest BCUT2D eigenvalue weighted by atomic mass is 10.1. The number of carboxylic acid groups (broad SMARTS) is 1. The fourth-order valence-electron chi connectivity index (χ4n) is 2.65. The van der Waals surface area contributed by atoms with Crippen molar-refractivity contribution in [3.05, 3.63) is 48.3 Å². The molecule has 3 rings (SSSR count). The van der Waals surface area contributed by atoms with Gasteiger partial charge in [-0.15, -0.1) is 0 Å². The molecular formula is C17H19N3O4. The fraction of sp³-hybridized carbons (Fsp3) is 0.353. The molecule has 1 aliphatic rings. The zero-order valence-corrected chi connectivity index (χ0v) is 13.2. The van der Waals surface area contributed by atoms with Gasteiger partial charge in [0.05, 0.1) is 25.0 Å². The van der Waals surface area contributed by atoms with Crippen LogP contribution in [0.2, 0.25) is 0 Å². The summed E-state index contributed by atoms with van der Waals surface area (Å²) in [6, 6.07) is 9.75. The Morgan fingerprint density at radius 1 is 1.29 bits per heavy atom. The smallest absolute Gasteiger partial charge is 0.334 e. The minimum atomic E-state index is -1.03. The Bertz CT molecular complexity index is 714. The fourth-order valence-corrected chi connectivity index (χ4v) is 2.65. The lowest BCUT2D eigenvalue weighted by molar-refractivity contribution is -0.159. The predicted octanol–water partition coefficient (Wildman–Crippen LogP) is 1.12. The molecule has 1 fully saturated rings. The van der Waals surface area contributed by atoms with Gasteiger partial charge in [-0.1, -0.05) is 18.2 Å². The third kappa shape index (κ3) is 3.80. The molecule has 2 heterocycles. The van der Waals surface area contributed by atoms with Gasteiger partial charge in [-0.2, -0.15) is 5.10 Å². The number of aryl methyl sites for hydroxylation is 1. The van der Waals surface area contributed by atoms with E-state index in [1.54, 1.807) is 15.8 Å². The number of carbonyl (C=O) groups excluding carboxylic acids is 1. The molecule has 0 radical (unpaired) electrons. The highest BCUT2D eigenvalue weighted by Gasteiger charge is 2.28. The van der Waals surface area contributed by atoms with Gasteiger partial charge in [-0.25, -0.2) is 9.48 Å². The standard InChI is InChI=1S/C17H19N3O4/c21-16(19-8-9-24-15(12-19)17(22)23)7-6-13-10-18-20(11-13)14-4-2-1-3-5-14/h1-5,10-11,15H,6-9,12H2,(H,22,23). The average Bonchev–Trinajstić information content (AvgIpc) is 3.09. The van der Waals surface area contributed by atoms with Crippen molar-refractivity contribution in [2.45, 2.75) is 18.9 Å². The number of morpholine rings is 1. The zero-order chi connectivity index (χ0) is 16.9. The molecule has 1 unspecified atom stereocenters. The molecule has 24 heavy (non-hydrogen) atoms. The van der Waals surface area contributed by atoms with Gasteiger partial charge in [0.1, 0.15) is 0 Å². The van der Waals surface area contributed by atoms with Gasteiger partial charge in [-0.3, -0.25) is 4.79 Å². The van der Waals surface area contributed by atoms with Gasteiger partial charge < -0.3 is 14.7 Å². The molecule has 0 saturated carbocycles. The number of aromatic nitrogens is 2. The highest BCUT2D eigenvalue weighted by molar-refractivity contribution is 5.78. The summed E-state index contributed by atoms with van der Waals surface area (Å²) >= 11 is 0. The van der Waals surface area contributed by atoms with E-state index in [4.69, 9.17) is 9.84 Å². The van der Waals surface area contributed by atoms with Crippen molar-refractivity contribution in [1.82, 2.24) is 14.7 Å². The Morgan fingerprint density at radius 2 is 2.08 bits per heavy atom. The maximum Gasteiger partial charge on any atom is 0.334 e. The number of rotatable bonds is 5. The first-order valence-electron chi connectivity index (χ1n) is 7.84. The van der Waals surface area contributed by atoms with Crippen molar-refractivity contribution in [3.8, 4) is 5.69 Å². The highest BCUT2D eigenvalue weighted by Crippen LogP contribution is 2.12. The molecule has 7 heteroatoms. The van der Waals surface area contributed by atoms with Crippen LogP contribution in [0.25, 0.3) is 5.69 Å². The summed E-state index contributed by atoms with van der Waals surface area (Å²) < 4.78 is 6.90. The molecule has 0 spiro atoms. The van der Waals surface area contributed by atoms with Crippen molar-refractivity contribution < 1.29 is 19.4 Å². The molecule has 1 aliphatic heterocycles. The Hall–Kier alpha value is -2.67. The van der Waals surface area contributed by atoms with E-state index in [-0.39, 0.29) is 19.1 Å². The monoisotopic (exact) mass is 329 g/mol. The van der Waals surface area contributed by atoms with E-state index < -0.39 is 12.1 Å². The molecule has 0 aliphatic carbocycles. The van der Waals surface area contributed by atoms with Gasteiger partial charge in [0, 0.05) is 19.2 Å². The number of para-hydroxylation sites is 1. The summed E-state index contributed by atoms with van der Waals surface area (Å²) in [5.41, 5.74) is 1.93. The molecule has 2 aromatic rings. The van der Waals surface area contributed by atoms with E-state index >= 15 is 0 Å². The van der Waals surface area contributed by atoms with Crippen molar-refractivity contribution in [1.29, 1.82) is 0 Å². The van der Waals surface area contributed by atoms with E-state index in [9.17, 15) is 9.59 Å². The quantitative estimate of drug-likeness (QED) is 0.888. The van der Waals surface area contributed by atoms with Crippen LogP contribution in [0.15, 0.2) is 42.7 Å². The molecule has 0 bridgehead atoms.